The Morgan fingerprint density at radius 3 is 2.17 bits per heavy atom. The zero-order valence-electron chi connectivity index (χ0n) is 16.0. The summed E-state index contributed by atoms with van der Waals surface area (Å²) >= 11 is 0. The molecule has 2 aromatic heterocycles. The van der Waals surface area contributed by atoms with E-state index in [1.807, 2.05) is 91.1 Å². The van der Waals surface area contributed by atoms with Gasteiger partial charge < -0.3 is 4.98 Å². The molecule has 144 valence electrons. The Labute approximate surface area is 173 Å². The van der Waals surface area contributed by atoms with Gasteiger partial charge in [-0.05, 0) is 6.07 Å². The molecule has 5 rings (SSSR count). The molecule has 2 heterocycles. The van der Waals surface area contributed by atoms with E-state index in [0.29, 0.717) is 5.95 Å². The van der Waals surface area contributed by atoms with Crippen molar-refractivity contribution in [2.24, 2.45) is 5.10 Å². The third-order valence-electron chi connectivity index (χ3n) is 4.77. The Kier molecular flexibility index (Phi) is 4.72. The van der Waals surface area contributed by atoms with Crippen LogP contribution in [0.2, 0.25) is 0 Å². The van der Waals surface area contributed by atoms with Crippen LogP contribution in [0.25, 0.3) is 33.4 Å². The fraction of sp³-hybridized carbons (Fsp3) is 0. The van der Waals surface area contributed by atoms with Crippen molar-refractivity contribution < 1.29 is 0 Å². The van der Waals surface area contributed by atoms with Gasteiger partial charge in [0.15, 0.2) is 0 Å². The van der Waals surface area contributed by atoms with Gasteiger partial charge in [-0.25, -0.2) is 10.4 Å². The van der Waals surface area contributed by atoms with Crippen LogP contribution in [0.1, 0.15) is 5.56 Å². The standard InChI is InChI=1S/C24H18N6/c1-3-9-17(10-4-1)22-23(18-11-5-2-6-12-18)28-30-24(27-22)29-26-16-19-15-25-21-14-8-7-13-20(19)21/h1-16,25H,(H,27,29,30)/b26-16+. The largest absolute Gasteiger partial charge is 0.361 e. The summed E-state index contributed by atoms with van der Waals surface area (Å²) in [6.45, 7) is 0. The Balaban J connectivity index is 1.47. The van der Waals surface area contributed by atoms with Crippen molar-refractivity contribution in [3.8, 4) is 22.5 Å². The number of nitrogens with one attached hydrogen (secondary N) is 2. The van der Waals surface area contributed by atoms with E-state index >= 15 is 0 Å². The molecule has 0 saturated heterocycles. The van der Waals surface area contributed by atoms with E-state index in [1.54, 1.807) is 6.21 Å². The van der Waals surface area contributed by atoms with Crippen molar-refractivity contribution in [3.05, 3.63) is 96.7 Å². The van der Waals surface area contributed by atoms with Gasteiger partial charge in [0.25, 0.3) is 5.95 Å². The molecule has 6 heteroatoms. The first-order valence-electron chi connectivity index (χ1n) is 9.59. The molecule has 0 aliphatic carbocycles. The molecule has 0 unspecified atom stereocenters. The van der Waals surface area contributed by atoms with Crippen LogP contribution < -0.4 is 5.43 Å². The number of aromatic nitrogens is 4. The van der Waals surface area contributed by atoms with Gasteiger partial charge in [0.05, 0.1) is 6.21 Å². The van der Waals surface area contributed by atoms with Gasteiger partial charge in [-0.2, -0.15) is 5.10 Å². The lowest BCUT2D eigenvalue weighted by Gasteiger charge is -2.09. The van der Waals surface area contributed by atoms with E-state index in [0.717, 1.165) is 39.0 Å². The van der Waals surface area contributed by atoms with Gasteiger partial charge in [-0.15, -0.1) is 10.2 Å². The number of hydrazone groups is 1. The normalized spacial score (nSPS) is 11.2. The van der Waals surface area contributed by atoms with E-state index in [2.05, 4.69) is 25.7 Å². The molecular formula is C24H18N6. The number of fused-ring (bicyclic) bond motifs is 1. The molecule has 0 atom stereocenters. The molecular weight excluding hydrogens is 372 g/mol. The van der Waals surface area contributed by atoms with Gasteiger partial charge in [-0.3, -0.25) is 0 Å². The molecule has 0 saturated carbocycles. The number of hydrogen-bond acceptors (Lipinski definition) is 5. The maximum absolute atomic E-state index is 4.69. The minimum Gasteiger partial charge on any atom is -0.361 e. The van der Waals surface area contributed by atoms with Crippen molar-refractivity contribution in [1.82, 2.24) is 20.2 Å². The number of anilines is 1. The van der Waals surface area contributed by atoms with Crippen LogP contribution >= 0.6 is 0 Å². The summed E-state index contributed by atoms with van der Waals surface area (Å²) in [7, 11) is 0. The van der Waals surface area contributed by atoms with Crippen LogP contribution in [0.5, 0.6) is 0 Å². The summed E-state index contributed by atoms with van der Waals surface area (Å²) in [4.78, 5) is 7.92. The average molecular weight is 390 g/mol. The molecule has 5 aromatic rings. The number of nitrogens with zero attached hydrogens (tertiary/aromatic N) is 4. The highest BCUT2D eigenvalue weighted by Gasteiger charge is 2.13. The van der Waals surface area contributed by atoms with Crippen molar-refractivity contribution in [2.75, 3.05) is 5.43 Å². The Morgan fingerprint density at radius 2 is 1.40 bits per heavy atom. The highest BCUT2D eigenvalue weighted by Crippen LogP contribution is 2.28. The van der Waals surface area contributed by atoms with E-state index in [1.165, 1.54) is 0 Å². The first-order chi connectivity index (χ1) is 14.9. The molecule has 0 aliphatic heterocycles. The highest BCUT2D eigenvalue weighted by molar-refractivity contribution is 5.99. The number of H-pyrrole nitrogens is 1. The van der Waals surface area contributed by atoms with Crippen molar-refractivity contribution in [2.45, 2.75) is 0 Å². The van der Waals surface area contributed by atoms with Gasteiger partial charge in [0, 0.05) is 33.8 Å². The van der Waals surface area contributed by atoms with Crippen LogP contribution in [0.15, 0.2) is 96.2 Å². The maximum Gasteiger partial charge on any atom is 0.263 e. The van der Waals surface area contributed by atoms with Gasteiger partial charge in [0.1, 0.15) is 11.4 Å². The molecule has 0 spiro atoms. The third kappa shape index (κ3) is 3.54. The molecule has 0 bridgehead atoms. The topological polar surface area (TPSA) is 78.8 Å². The lowest BCUT2D eigenvalue weighted by Crippen LogP contribution is -2.03. The number of benzene rings is 3. The summed E-state index contributed by atoms with van der Waals surface area (Å²) in [6.07, 6.45) is 3.67. The molecule has 2 N–H and O–H groups in total. The lowest BCUT2D eigenvalue weighted by molar-refractivity contribution is 0.973. The summed E-state index contributed by atoms with van der Waals surface area (Å²) in [6, 6.07) is 28.0. The highest BCUT2D eigenvalue weighted by atomic mass is 15.4. The zero-order valence-corrected chi connectivity index (χ0v) is 16.0. The van der Waals surface area contributed by atoms with Crippen LogP contribution in [0.3, 0.4) is 0 Å². The molecule has 0 fully saturated rings. The van der Waals surface area contributed by atoms with Gasteiger partial charge >= 0.3 is 0 Å². The van der Waals surface area contributed by atoms with Gasteiger partial charge in [-0.1, -0.05) is 78.9 Å². The smallest absolute Gasteiger partial charge is 0.263 e. The second kappa shape index (κ2) is 7.97. The Morgan fingerprint density at radius 1 is 0.733 bits per heavy atom. The molecule has 0 aliphatic rings. The van der Waals surface area contributed by atoms with Crippen LogP contribution in [0.4, 0.5) is 5.95 Å². The minimum absolute atomic E-state index is 0.338. The SMILES string of the molecule is C(=N\Nc1nnc(-c2ccccc2)c(-c2ccccc2)n1)/c1c[nH]c2ccccc12. The maximum atomic E-state index is 4.69. The second-order valence-corrected chi connectivity index (χ2v) is 6.72. The Bertz CT molecular complexity index is 1310. The zero-order chi connectivity index (χ0) is 20.2. The molecule has 0 amide bonds. The lowest BCUT2D eigenvalue weighted by atomic mass is 10.0. The molecule has 0 radical (unpaired) electrons. The molecule has 30 heavy (non-hydrogen) atoms. The van der Waals surface area contributed by atoms with E-state index in [4.69, 9.17) is 4.98 Å². The summed E-state index contributed by atoms with van der Waals surface area (Å²) in [5, 5.41) is 14.1. The molecule has 6 nitrogen and oxygen atoms in total. The van der Waals surface area contributed by atoms with Crippen molar-refractivity contribution in [1.29, 1.82) is 0 Å². The fourth-order valence-electron chi connectivity index (χ4n) is 3.32. The van der Waals surface area contributed by atoms with E-state index in [9.17, 15) is 0 Å². The van der Waals surface area contributed by atoms with Gasteiger partial charge in [0.2, 0.25) is 0 Å². The van der Waals surface area contributed by atoms with Crippen LogP contribution in [0, 0.1) is 0 Å². The summed E-state index contributed by atoms with van der Waals surface area (Å²) in [5.74, 6) is 0.338. The van der Waals surface area contributed by atoms with Crippen molar-refractivity contribution >= 4 is 23.1 Å². The predicted octanol–water partition coefficient (Wildman–Crippen LogP) is 5.13. The predicted molar refractivity (Wildman–Crippen MR) is 120 cm³/mol. The number of hydrogen-bond donors (Lipinski definition) is 2. The van der Waals surface area contributed by atoms with Crippen LogP contribution in [-0.2, 0) is 0 Å². The summed E-state index contributed by atoms with van der Waals surface area (Å²) in [5.41, 5.74) is 8.37. The monoisotopic (exact) mass is 390 g/mol. The van der Waals surface area contributed by atoms with E-state index < -0.39 is 0 Å². The summed E-state index contributed by atoms with van der Waals surface area (Å²) < 4.78 is 0. The molecule has 3 aromatic carbocycles. The average Bonchev–Trinajstić information content (AvgIpc) is 3.23. The number of para-hydroxylation sites is 1. The Hall–Kier alpha value is -4.32. The third-order valence-corrected chi connectivity index (χ3v) is 4.77. The quantitative estimate of drug-likeness (QED) is 0.322. The first-order valence-corrected chi connectivity index (χ1v) is 9.59. The fourth-order valence-corrected chi connectivity index (χ4v) is 3.32. The van der Waals surface area contributed by atoms with Crippen molar-refractivity contribution in [3.63, 3.8) is 0 Å². The van der Waals surface area contributed by atoms with E-state index in [-0.39, 0.29) is 0 Å². The van der Waals surface area contributed by atoms with Crippen LogP contribution in [-0.4, -0.2) is 26.4 Å². The second-order valence-electron chi connectivity index (χ2n) is 6.72. The number of aromatic amines is 1. The number of rotatable bonds is 5. The minimum atomic E-state index is 0.338. The first kappa shape index (κ1) is 17.8.